The minimum atomic E-state index is -0.424. The number of rotatable bonds is 4. The molecule has 0 bridgehead atoms. The molecule has 4 N–H and O–H groups in total. The van der Waals surface area contributed by atoms with Gasteiger partial charge in [-0.1, -0.05) is 0 Å². The number of anilines is 2. The molecule has 86 valence electrons. The van der Waals surface area contributed by atoms with Crippen LogP contribution in [-0.4, -0.2) is 11.0 Å². The van der Waals surface area contributed by atoms with Crippen LogP contribution >= 0.6 is 0 Å². The number of nitro groups is 1. The zero-order valence-electron chi connectivity index (χ0n) is 8.77. The zero-order valence-corrected chi connectivity index (χ0v) is 8.77. The van der Waals surface area contributed by atoms with Gasteiger partial charge >= 0.3 is 0 Å². The molecule has 1 aliphatic carbocycles. The SMILES string of the molecule is NNc1cc(NC2CCC2)cc([N+](=O)[O-])c1. The number of hydrazine groups is 1. The third kappa shape index (κ3) is 2.22. The fraction of sp³-hybridized carbons (Fsp3) is 0.400. The molecule has 0 unspecified atom stereocenters. The molecule has 1 saturated carbocycles. The fourth-order valence-electron chi connectivity index (χ4n) is 1.67. The van der Waals surface area contributed by atoms with Gasteiger partial charge in [0, 0.05) is 23.9 Å². The Morgan fingerprint density at radius 1 is 1.31 bits per heavy atom. The molecule has 1 fully saturated rings. The van der Waals surface area contributed by atoms with Gasteiger partial charge in [-0.15, -0.1) is 0 Å². The number of non-ortho nitro benzene ring substituents is 1. The van der Waals surface area contributed by atoms with E-state index in [1.807, 2.05) is 0 Å². The molecule has 0 spiro atoms. The Kier molecular flexibility index (Phi) is 2.91. The van der Waals surface area contributed by atoms with E-state index in [-0.39, 0.29) is 5.69 Å². The van der Waals surface area contributed by atoms with Gasteiger partial charge in [0.1, 0.15) is 0 Å². The van der Waals surface area contributed by atoms with Crippen LogP contribution in [0.15, 0.2) is 18.2 Å². The summed E-state index contributed by atoms with van der Waals surface area (Å²) in [6.07, 6.45) is 3.46. The highest BCUT2D eigenvalue weighted by Gasteiger charge is 2.18. The van der Waals surface area contributed by atoms with E-state index in [0.717, 1.165) is 18.5 Å². The topological polar surface area (TPSA) is 93.2 Å². The molecular weight excluding hydrogens is 208 g/mol. The number of nitro benzene ring substituents is 1. The first kappa shape index (κ1) is 10.7. The van der Waals surface area contributed by atoms with Crippen molar-refractivity contribution in [2.24, 2.45) is 5.84 Å². The van der Waals surface area contributed by atoms with Crippen LogP contribution in [0, 0.1) is 10.1 Å². The summed E-state index contributed by atoms with van der Waals surface area (Å²) >= 11 is 0. The third-order valence-corrected chi connectivity index (χ3v) is 2.77. The average Bonchev–Trinajstić information content (AvgIpc) is 2.23. The van der Waals surface area contributed by atoms with Gasteiger partial charge in [0.2, 0.25) is 0 Å². The van der Waals surface area contributed by atoms with Crippen LogP contribution in [-0.2, 0) is 0 Å². The molecule has 1 aromatic rings. The molecule has 6 heteroatoms. The highest BCUT2D eigenvalue weighted by molar-refractivity contribution is 5.63. The highest BCUT2D eigenvalue weighted by atomic mass is 16.6. The molecule has 0 radical (unpaired) electrons. The van der Waals surface area contributed by atoms with Crippen LogP contribution in [0.4, 0.5) is 17.1 Å². The summed E-state index contributed by atoms with van der Waals surface area (Å²) in [5.74, 6) is 5.26. The molecule has 1 aliphatic rings. The van der Waals surface area contributed by atoms with E-state index in [4.69, 9.17) is 5.84 Å². The van der Waals surface area contributed by atoms with Gasteiger partial charge < -0.3 is 10.7 Å². The quantitative estimate of drug-likeness (QED) is 0.410. The van der Waals surface area contributed by atoms with Gasteiger partial charge in [-0.25, -0.2) is 0 Å². The smallest absolute Gasteiger partial charge is 0.273 e. The van der Waals surface area contributed by atoms with Crippen LogP contribution in [0.25, 0.3) is 0 Å². The fourth-order valence-corrected chi connectivity index (χ4v) is 1.67. The summed E-state index contributed by atoms with van der Waals surface area (Å²) in [5.41, 5.74) is 3.75. The van der Waals surface area contributed by atoms with Crippen molar-refractivity contribution in [1.29, 1.82) is 0 Å². The Morgan fingerprint density at radius 3 is 2.50 bits per heavy atom. The van der Waals surface area contributed by atoms with Crippen molar-refractivity contribution in [3.63, 3.8) is 0 Å². The second-order valence-electron chi connectivity index (χ2n) is 3.94. The van der Waals surface area contributed by atoms with Crippen molar-refractivity contribution in [2.45, 2.75) is 25.3 Å². The summed E-state index contributed by atoms with van der Waals surface area (Å²) in [6, 6.07) is 5.14. The van der Waals surface area contributed by atoms with Crippen molar-refractivity contribution in [3.8, 4) is 0 Å². The molecule has 0 amide bonds. The molecule has 0 aromatic heterocycles. The third-order valence-electron chi connectivity index (χ3n) is 2.77. The molecule has 1 aromatic carbocycles. The van der Waals surface area contributed by atoms with Crippen molar-refractivity contribution in [3.05, 3.63) is 28.3 Å². The predicted molar refractivity (Wildman–Crippen MR) is 62.2 cm³/mol. The van der Waals surface area contributed by atoms with Crippen molar-refractivity contribution < 1.29 is 4.92 Å². The lowest BCUT2D eigenvalue weighted by Gasteiger charge is -2.27. The second-order valence-corrected chi connectivity index (χ2v) is 3.94. The van der Waals surface area contributed by atoms with Crippen molar-refractivity contribution >= 4 is 17.1 Å². The van der Waals surface area contributed by atoms with Gasteiger partial charge in [-0.3, -0.25) is 16.0 Å². The number of nitrogens with one attached hydrogen (secondary N) is 2. The normalized spacial score (nSPS) is 15.3. The summed E-state index contributed by atoms with van der Waals surface area (Å²) < 4.78 is 0. The molecule has 0 heterocycles. The molecule has 0 atom stereocenters. The maximum Gasteiger partial charge on any atom is 0.273 e. The maximum absolute atomic E-state index is 10.7. The second kappa shape index (κ2) is 4.36. The number of nitrogens with zero attached hydrogens (tertiary/aromatic N) is 1. The molecule has 16 heavy (non-hydrogen) atoms. The van der Waals surface area contributed by atoms with Crippen molar-refractivity contribution in [1.82, 2.24) is 0 Å². The van der Waals surface area contributed by atoms with Crippen LogP contribution in [0.2, 0.25) is 0 Å². The first-order valence-corrected chi connectivity index (χ1v) is 5.21. The van der Waals surface area contributed by atoms with Gasteiger partial charge in [0.25, 0.3) is 5.69 Å². The predicted octanol–water partition coefficient (Wildman–Crippen LogP) is 1.84. The molecule has 2 rings (SSSR count). The zero-order chi connectivity index (χ0) is 11.5. The first-order chi connectivity index (χ1) is 7.69. The van der Waals surface area contributed by atoms with Crippen molar-refractivity contribution in [2.75, 3.05) is 10.7 Å². The Bertz CT molecular complexity index is 404. The summed E-state index contributed by atoms with van der Waals surface area (Å²) in [4.78, 5) is 10.3. The molecule has 0 saturated heterocycles. The standard InChI is InChI=1S/C10H14N4O2/c11-13-9-4-8(12-7-2-1-3-7)5-10(6-9)14(15)16/h4-7,12-13H,1-3,11H2. The number of hydrogen-bond donors (Lipinski definition) is 3. The Morgan fingerprint density at radius 2 is 2.00 bits per heavy atom. The van der Waals surface area contributed by atoms with Gasteiger partial charge in [-0.05, 0) is 25.3 Å². The molecular formula is C10H14N4O2. The average molecular weight is 222 g/mol. The first-order valence-electron chi connectivity index (χ1n) is 5.21. The Balaban J connectivity index is 2.21. The minimum Gasteiger partial charge on any atom is -0.382 e. The van der Waals surface area contributed by atoms with Gasteiger partial charge in [0.05, 0.1) is 10.6 Å². The van der Waals surface area contributed by atoms with Crippen LogP contribution in [0.1, 0.15) is 19.3 Å². The number of nitrogens with two attached hydrogens (primary N) is 1. The van der Waals surface area contributed by atoms with Crippen LogP contribution in [0.3, 0.4) is 0 Å². The lowest BCUT2D eigenvalue weighted by molar-refractivity contribution is -0.384. The van der Waals surface area contributed by atoms with E-state index in [2.05, 4.69) is 10.7 Å². The molecule has 6 nitrogen and oxygen atoms in total. The van der Waals surface area contributed by atoms with Gasteiger partial charge in [-0.2, -0.15) is 0 Å². The minimum absolute atomic E-state index is 0.0391. The largest absolute Gasteiger partial charge is 0.382 e. The highest BCUT2D eigenvalue weighted by Crippen LogP contribution is 2.28. The summed E-state index contributed by atoms with van der Waals surface area (Å²) in [7, 11) is 0. The van der Waals surface area contributed by atoms with E-state index in [1.54, 1.807) is 6.07 Å². The van der Waals surface area contributed by atoms with E-state index in [1.165, 1.54) is 18.6 Å². The Labute approximate surface area is 92.9 Å². The summed E-state index contributed by atoms with van der Waals surface area (Å²) in [5, 5.41) is 13.9. The van der Waals surface area contributed by atoms with Crippen LogP contribution in [0.5, 0.6) is 0 Å². The van der Waals surface area contributed by atoms with E-state index < -0.39 is 4.92 Å². The lowest BCUT2D eigenvalue weighted by atomic mass is 9.93. The summed E-state index contributed by atoms with van der Waals surface area (Å²) in [6.45, 7) is 0. The molecule has 0 aliphatic heterocycles. The van der Waals surface area contributed by atoms with Gasteiger partial charge in [0.15, 0.2) is 0 Å². The number of hydrogen-bond acceptors (Lipinski definition) is 5. The Hall–Kier alpha value is -1.82. The number of nitrogen functional groups attached to an aromatic ring is 1. The number of benzene rings is 1. The monoisotopic (exact) mass is 222 g/mol. The van der Waals surface area contributed by atoms with E-state index in [9.17, 15) is 10.1 Å². The van der Waals surface area contributed by atoms with E-state index in [0.29, 0.717) is 11.7 Å². The van der Waals surface area contributed by atoms with E-state index >= 15 is 0 Å². The lowest BCUT2D eigenvalue weighted by Crippen LogP contribution is -2.27. The maximum atomic E-state index is 10.7. The van der Waals surface area contributed by atoms with Crippen LogP contribution < -0.4 is 16.6 Å².